The Morgan fingerprint density at radius 3 is 2.62 bits per heavy atom. The Balaban J connectivity index is 1.65. The molecular formula is C15H25BN2O3. The van der Waals surface area contributed by atoms with Gasteiger partial charge in [0.1, 0.15) is 0 Å². The van der Waals surface area contributed by atoms with Gasteiger partial charge in [0.05, 0.1) is 17.8 Å². The van der Waals surface area contributed by atoms with E-state index >= 15 is 0 Å². The molecule has 2 aliphatic rings. The van der Waals surface area contributed by atoms with Gasteiger partial charge in [-0.15, -0.1) is 0 Å². The molecule has 0 aromatic carbocycles. The van der Waals surface area contributed by atoms with Crippen molar-refractivity contribution in [3.63, 3.8) is 0 Å². The van der Waals surface area contributed by atoms with Crippen LogP contribution in [0.1, 0.15) is 40.5 Å². The van der Waals surface area contributed by atoms with Gasteiger partial charge in [-0.25, -0.2) is 0 Å². The number of ether oxygens (including phenoxy) is 1. The van der Waals surface area contributed by atoms with Gasteiger partial charge >= 0.3 is 7.12 Å². The van der Waals surface area contributed by atoms with Crippen LogP contribution in [0.2, 0.25) is 0 Å². The van der Waals surface area contributed by atoms with Crippen LogP contribution < -0.4 is 5.46 Å². The van der Waals surface area contributed by atoms with Crippen LogP contribution in [0.15, 0.2) is 12.4 Å². The molecule has 3 heterocycles. The highest BCUT2D eigenvalue weighted by Crippen LogP contribution is 2.36. The lowest BCUT2D eigenvalue weighted by Gasteiger charge is -2.32. The monoisotopic (exact) mass is 292 g/mol. The molecule has 0 bridgehead atoms. The van der Waals surface area contributed by atoms with Crippen molar-refractivity contribution in [2.24, 2.45) is 5.92 Å². The molecule has 0 N–H and O–H groups in total. The molecular weight excluding hydrogens is 267 g/mol. The fourth-order valence-electron chi connectivity index (χ4n) is 2.80. The molecule has 2 fully saturated rings. The SMILES string of the molecule is CC1(C)OB(c2cnn(C[C@H]3CCCOC3)c2)OC1(C)C. The molecule has 0 spiro atoms. The van der Waals surface area contributed by atoms with Gasteiger partial charge in [0.25, 0.3) is 0 Å². The maximum Gasteiger partial charge on any atom is 0.498 e. The predicted octanol–water partition coefficient (Wildman–Crippen LogP) is 1.61. The summed E-state index contributed by atoms with van der Waals surface area (Å²) in [6.45, 7) is 10.9. The second-order valence-corrected chi connectivity index (χ2v) is 7.17. The van der Waals surface area contributed by atoms with E-state index in [2.05, 4.69) is 32.8 Å². The van der Waals surface area contributed by atoms with Crippen LogP contribution in [0.25, 0.3) is 0 Å². The minimum atomic E-state index is -0.327. The molecule has 0 aliphatic carbocycles. The molecule has 1 aromatic heterocycles. The van der Waals surface area contributed by atoms with Crippen LogP contribution >= 0.6 is 0 Å². The lowest BCUT2D eigenvalue weighted by Crippen LogP contribution is -2.41. The second-order valence-electron chi connectivity index (χ2n) is 7.17. The summed E-state index contributed by atoms with van der Waals surface area (Å²) in [5, 5.41) is 4.45. The van der Waals surface area contributed by atoms with E-state index in [1.165, 1.54) is 6.42 Å². The third-order valence-corrected chi connectivity index (χ3v) is 4.88. The van der Waals surface area contributed by atoms with Crippen LogP contribution in [0.3, 0.4) is 0 Å². The number of hydrogen-bond acceptors (Lipinski definition) is 4. The number of nitrogens with zero attached hydrogens (tertiary/aromatic N) is 2. The maximum atomic E-state index is 6.05. The van der Waals surface area contributed by atoms with Crippen molar-refractivity contribution in [1.82, 2.24) is 9.78 Å². The Hall–Kier alpha value is -0.845. The minimum Gasteiger partial charge on any atom is -0.399 e. The van der Waals surface area contributed by atoms with E-state index in [0.29, 0.717) is 5.92 Å². The molecule has 1 aromatic rings. The third-order valence-electron chi connectivity index (χ3n) is 4.88. The standard InChI is InChI=1S/C15H25BN2O3/c1-14(2)15(3,4)21-16(20-14)13-8-17-18(10-13)9-12-6-5-7-19-11-12/h8,10,12H,5-7,9,11H2,1-4H3/t12-/m1/s1. The molecule has 2 aliphatic heterocycles. The smallest absolute Gasteiger partial charge is 0.399 e. The lowest BCUT2D eigenvalue weighted by molar-refractivity contribution is 0.00578. The van der Waals surface area contributed by atoms with Crippen LogP contribution in [0.4, 0.5) is 0 Å². The van der Waals surface area contributed by atoms with Crippen molar-refractivity contribution >= 4 is 12.6 Å². The van der Waals surface area contributed by atoms with Crippen LogP contribution in [-0.4, -0.2) is 41.3 Å². The maximum absolute atomic E-state index is 6.05. The molecule has 21 heavy (non-hydrogen) atoms. The van der Waals surface area contributed by atoms with Gasteiger partial charge in [-0.3, -0.25) is 4.68 Å². The van der Waals surface area contributed by atoms with Crippen molar-refractivity contribution in [2.75, 3.05) is 13.2 Å². The Morgan fingerprint density at radius 2 is 2.00 bits per heavy atom. The molecule has 0 radical (unpaired) electrons. The van der Waals surface area contributed by atoms with Gasteiger partial charge in [0.15, 0.2) is 0 Å². The van der Waals surface area contributed by atoms with Crippen LogP contribution in [0, 0.1) is 5.92 Å². The van der Waals surface area contributed by atoms with Crippen molar-refractivity contribution in [1.29, 1.82) is 0 Å². The van der Waals surface area contributed by atoms with Gasteiger partial charge in [0.2, 0.25) is 0 Å². The van der Waals surface area contributed by atoms with E-state index in [0.717, 1.165) is 31.6 Å². The highest BCUT2D eigenvalue weighted by molar-refractivity contribution is 6.61. The van der Waals surface area contributed by atoms with Crippen molar-refractivity contribution in [3.05, 3.63) is 12.4 Å². The quantitative estimate of drug-likeness (QED) is 0.794. The van der Waals surface area contributed by atoms with Gasteiger partial charge in [0, 0.05) is 36.9 Å². The fourth-order valence-corrected chi connectivity index (χ4v) is 2.80. The summed E-state index contributed by atoms with van der Waals surface area (Å²) in [5.74, 6) is 0.560. The summed E-state index contributed by atoms with van der Waals surface area (Å²) < 4.78 is 19.6. The molecule has 0 amide bonds. The van der Waals surface area contributed by atoms with Crippen molar-refractivity contribution in [2.45, 2.75) is 58.3 Å². The number of aromatic nitrogens is 2. The lowest BCUT2D eigenvalue weighted by atomic mass is 9.82. The third kappa shape index (κ3) is 3.03. The summed E-state index contributed by atoms with van der Waals surface area (Å²) in [5.41, 5.74) is 0.374. The van der Waals surface area contributed by atoms with Gasteiger partial charge < -0.3 is 14.0 Å². The zero-order valence-corrected chi connectivity index (χ0v) is 13.5. The summed E-state index contributed by atoms with van der Waals surface area (Å²) in [7, 11) is -0.327. The van der Waals surface area contributed by atoms with Crippen molar-refractivity contribution < 1.29 is 14.0 Å². The molecule has 3 rings (SSSR count). The minimum absolute atomic E-state index is 0.309. The van der Waals surface area contributed by atoms with Crippen LogP contribution in [0.5, 0.6) is 0 Å². The second kappa shape index (κ2) is 5.41. The highest BCUT2D eigenvalue weighted by atomic mass is 16.7. The summed E-state index contributed by atoms with van der Waals surface area (Å²) in [6, 6.07) is 0. The van der Waals surface area contributed by atoms with E-state index < -0.39 is 0 Å². The van der Waals surface area contributed by atoms with E-state index in [1.807, 2.05) is 17.1 Å². The number of hydrogen-bond donors (Lipinski definition) is 0. The molecule has 5 nitrogen and oxygen atoms in total. The Bertz CT molecular complexity index is 479. The van der Waals surface area contributed by atoms with E-state index in [9.17, 15) is 0 Å². The molecule has 2 saturated heterocycles. The van der Waals surface area contributed by atoms with E-state index in [4.69, 9.17) is 14.0 Å². The zero-order chi connectivity index (χ0) is 15.1. The summed E-state index contributed by atoms with van der Waals surface area (Å²) >= 11 is 0. The van der Waals surface area contributed by atoms with Gasteiger partial charge in [-0.2, -0.15) is 5.10 Å². The Morgan fingerprint density at radius 1 is 1.29 bits per heavy atom. The van der Waals surface area contributed by atoms with Crippen LogP contribution in [-0.2, 0) is 20.6 Å². The summed E-state index contributed by atoms with van der Waals surface area (Å²) in [4.78, 5) is 0. The van der Waals surface area contributed by atoms with Crippen molar-refractivity contribution in [3.8, 4) is 0 Å². The average molecular weight is 292 g/mol. The van der Waals surface area contributed by atoms with Gasteiger partial charge in [-0.05, 0) is 40.5 Å². The van der Waals surface area contributed by atoms with E-state index in [-0.39, 0.29) is 18.3 Å². The first-order valence-corrected chi connectivity index (χ1v) is 7.83. The first kappa shape index (κ1) is 15.1. The Labute approximate surface area is 127 Å². The first-order valence-electron chi connectivity index (χ1n) is 7.83. The Kier molecular flexibility index (Phi) is 3.88. The average Bonchev–Trinajstić information content (AvgIpc) is 2.94. The largest absolute Gasteiger partial charge is 0.498 e. The van der Waals surface area contributed by atoms with Gasteiger partial charge in [-0.1, -0.05) is 0 Å². The van der Waals surface area contributed by atoms with E-state index in [1.54, 1.807) is 0 Å². The highest BCUT2D eigenvalue weighted by Gasteiger charge is 2.52. The topological polar surface area (TPSA) is 45.5 Å². The molecule has 0 saturated carbocycles. The molecule has 116 valence electrons. The molecule has 0 unspecified atom stereocenters. The zero-order valence-electron chi connectivity index (χ0n) is 13.5. The fraction of sp³-hybridized carbons (Fsp3) is 0.800. The molecule has 1 atom stereocenters. The normalized spacial score (nSPS) is 28.0. The number of rotatable bonds is 3. The molecule has 6 heteroatoms. The first-order chi connectivity index (χ1) is 9.87. The predicted molar refractivity (Wildman–Crippen MR) is 81.5 cm³/mol. The summed E-state index contributed by atoms with van der Waals surface area (Å²) in [6.07, 6.45) is 6.25.